The van der Waals surface area contributed by atoms with E-state index in [0.29, 0.717) is 30.6 Å². The Morgan fingerprint density at radius 2 is 1.86 bits per heavy atom. The second-order valence-electron chi connectivity index (χ2n) is 12.6. The number of hydrogen-bond donors (Lipinski definition) is 2. The monoisotopic (exact) mass is 480 g/mol. The molecule has 0 aromatic rings. The Bertz CT molecular complexity index is 951. The fourth-order valence-corrected chi connectivity index (χ4v) is 8.80. The second-order valence-corrected chi connectivity index (χ2v) is 12.6. The van der Waals surface area contributed by atoms with E-state index in [4.69, 9.17) is 4.74 Å². The van der Waals surface area contributed by atoms with Crippen molar-refractivity contribution >= 4 is 5.97 Å². The van der Waals surface area contributed by atoms with Gasteiger partial charge in [-0.3, -0.25) is 0 Å². The molecule has 5 fully saturated rings. The van der Waals surface area contributed by atoms with Crippen molar-refractivity contribution in [3.63, 3.8) is 0 Å². The lowest BCUT2D eigenvalue weighted by molar-refractivity contribution is -0.140. The molecule has 4 saturated carbocycles. The molecular weight excluding hydrogens is 436 g/mol. The van der Waals surface area contributed by atoms with E-state index in [-0.39, 0.29) is 22.9 Å². The molecule has 0 bridgehead atoms. The first-order chi connectivity index (χ1) is 16.7. The van der Waals surface area contributed by atoms with E-state index in [0.717, 1.165) is 42.4 Å². The van der Waals surface area contributed by atoms with Gasteiger partial charge in [-0.25, -0.2) is 4.79 Å². The van der Waals surface area contributed by atoms with Gasteiger partial charge in [0.2, 0.25) is 0 Å². The Morgan fingerprint density at radius 1 is 1.11 bits per heavy atom. The molecule has 1 heterocycles. The largest absolute Gasteiger partial charge is 0.458 e. The molecule has 1 spiro atoms. The Labute approximate surface area is 211 Å². The Hall–Kier alpha value is -1.65. The molecule has 0 aromatic carbocycles. The van der Waals surface area contributed by atoms with Gasteiger partial charge >= 0.3 is 5.97 Å². The van der Waals surface area contributed by atoms with Gasteiger partial charge in [0, 0.05) is 17.4 Å². The van der Waals surface area contributed by atoms with Gasteiger partial charge < -0.3 is 14.9 Å². The maximum absolute atomic E-state index is 12.5. The number of cyclic esters (lactones) is 1. The molecule has 1 aliphatic heterocycles. The molecule has 7 atom stereocenters. The highest BCUT2D eigenvalue weighted by molar-refractivity contribution is 5.92. The zero-order valence-electron chi connectivity index (χ0n) is 21.7. The fourth-order valence-electron chi connectivity index (χ4n) is 8.80. The number of carbonyl (C=O) groups excluding carboxylic acids is 1. The SMILES string of the molecule is C=C1/C(=C\C=C2/CCC[C@]3(C)[C@@H]([C@H](C)C[C@@H]4OC(=O)C(=C)C45CCCC5)CC[C@@H]23)C[C@@H](O)C[C@@H]1O. The minimum atomic E-state index is -0.638. The first kappa shape index (κ1) is 25.0. The molecule has 1 saturated heterocycles. The van der Waals surface area contributed by atoms with Crippen molar-refractivity contribution in [2.45, 2.75) is 109 Å². The Kier molecular flexibility index (Phi) is 6.68. The highest BCUT2D eigenvalue weighted by Gasteiger charge is 2.56. The molecule has 2 N–H and O–H groups in total. The number of esters is 1. The molecule has 0 aromatic heterocycles. The van der Waals surface area contributed by atoms with Crippen LogP contribution >= 0.6 is 0 Å². The van der Waals surface area contributed by atoms with Crippen LogP contribution in [0.4, 0.5) is 0 Å². The topological polar surface area (TPSA) is 66.8 Å². The standard InChI is InChI=1S/C31H44O4/c1-19(16-28-31(14-5-6-15-31)21(3)29(34)35-28)25-11-12-26-22(8-7-13-30(25,26)4)9-10-23-17-24(32)18-27(33)20(23)2/h9-10,19,24-28,32-33H,2-3,5-8,11-18H2,1,4H3/b22-9+,23-10-/t19-,24-,25-,26+,27+,28+,30-/m1/s1. The van der Waals surface area contributed by atoms with Gasteiger partial charge in [0.1, 0.15) is 6.10 Å². The molecule has 5 aliphatic rings. The Balaban J connectivity index is 1.32. The molecule has 0 unspecified atom stereocenters. The van der Waals surface area contributed by atoms with Crippen molar-refractivity contribution in [2.75, 3.05) is 0 Å². The maximum atomic E-state index is 12.5. The summed E-state index contributed by atoms with van der Waals surface area (Å²) in [5.41, 5.74) is 4.18. The number of rotatable bonds is 4. The van der Waals surface area contributed by atoms with Crippen molar-refractivity contribution in [1.29, 1.82) is 0 Å². The molecule has 35 heavy (non-hydrogen) atoms. The van der Waals surface area contributed by atoms with Crippen molar-refractivity contribution in [2.24, 2.45) is 28.6 Å². The normalized spacial score (nSPS) is 42.2. The third kappa shape index (κ3) is 4.19. The van der Waals surface area contributed by atoms with Crippen molar-refractivity contribution in [3.8, 4) is 0 Å². The summed E-state index contributed by atoms with van der Waals surface area (Å²) in [7, 11) is 0. The predicted octanol–water partition coefficient (Wildman–Crippen LogP) is 6.20. The van der Waals surface area contributed by atoms with E-state index in [2.05, 4.69) is 39.2 Å². The second kappa shape index (κ2) is 9.34. The van der Waals surface area contributed by atoms with Gasteiger partial charge in [-0.05, 0) is 92.1 Å². The van der Waals surface area contributed by atoms with Crippen molar-refractivity contribution in [3.05, 3.63) is 47.6 Å². The molecule has 4 aliphatic carbocycles. The van der Waals surface area contributed by atoms with Gasteiger partial charge in [0.25, 0.3) is 0 Å². The lowest BCUT2D eigenvalue weighted by atomic mass is 9.60. The third-order valence-electron chi connectivity index (χ3n) is 10.8. The van der Waals surface area contributed by atoms with Crippen molar-refractivity contribution < 1.29 is 19.7 Å². The van der Waals surface area contributed by atoms with Gasteiger partial charge in [-0.1, -0.05) is 57.6 Å². The highest BCUT2D eigenvalue weighted by atomic mass is 16.6. The van der Waals surface area contributed by atoms with Gasteiger partial charge in [0.15, 0.2) is 0 Å². The molecule has 5 rings (SSSR count). The molecular formula is C31H44O4. The number of ether oxygens (including phenoxy) is 1. The van der Waals surface area contributed by atoms with E-state index in [1.807, 2.05) is 0 Å². The fraction of sp³-hybridized carbons (Fsp3) is 0.710. The van der Waals surface area contributed by atoms with E-state index in [1.165, 1.54) is 44.1 Å². The van der Waals surface area contributed by atoms with Crippen LogP contribution in [0.3, 0.4) is 0 Å². The van der Waals surface area contributed by atoms with Crippen LogP contribution in [0.1, 0.15) is 90.9 Å². The predicted molar refractivity (Wildman–Crippen MR) is 138 cm³/mol. The number of allylic oxidation sites excluding steroid dienone is 3. The summed E-state index contributed by atoms with van der Waals surface area (Å²) in [6.07, 6.45) is 15.7. The van der Waals surface area contributed by atoms with Gasteiger partial charge in [-0.15, -0.1) is 0 Å². The van der Waals surface area contributed by atoms with Crippen LogP contribution in [0.25, 0.3) is 0 Å². The van der Waals surface area contributed by atoms with E-state index in [1.54, 1.807) is 0 Å². The summed E-state index contributed by atoms with van der Waals surface area (Å²) in [6.45, 7) is 13.1. The molecule has 192 valence electrons. The van der Waals surface area contributed by atoms with Gasteiger partial charge in [0.05, 0.1) is 12.2 Å². The average molecular weight is 481 g/mol. The first-order valence-corrected chi connectivity index (χ1v) is 14.0. The van der Waals surface area contributed by atoms with E-state index >= 15 is 0 Å². The third-order valence-corrected chi connectivity index (χ3v) is 10.8. The zero-order chi connectivity index (χ0) is 25.0. The summed E-state index contributed by atoms with van der Waals surface area (Å²) in [4.78, 5) is 12.5. The van der Waals surface area contributed by atoms with E-state index in [9.17, 15) is 15.0 Å². The quantitative estimate of drug-likeness (QED) is 0.372. The molecule has 0 amide bonds. The Morgan fingerprint density at radius 3 is 2.60 bits per heavy atom. The lowest BCUT2D eigenvalue weighted by Crippen LogP contribution is -2.38. The van der Waals surface area contributed by atoms with Crippen LogP contribution in [-0.4, -0.2) is 34.5 Å². The summed E-state index contributed by atoms with van der Waals surface area (Å²) >= 11 is 0. The number of carbonyl (C=O) groups is 1. The van der Waals surface area contributed by atoms with E-state index < -0.39 is 12.2 Å². The maximum Gasteiger partial charge on any atom is 0.334 e. The van der Waals surface area contributed by atoms with Crippen LogP contribution < -0.4 is 0 Å². The van der Waals surface area contributed by atoms with Gasteiger partial charge in [-0.2, -0.15) is 0 Å². The minimum absolute atomic E-state index is 0.00107. The number of aliphatic hydroxyl groups excluding tert-OH is 2. The lowest BCUT2D eigenvalue weighted by Gasteiger charge is -2.45. The summed E-state index contributed by atoms with van der Waals surface area (Å²) in [6, 6.07) is 0. The smallest absolute Gasteiger partial charge is 0.334 e. The average Bonchev–Trinajstić information content (AvgIpc) is 3.49. The highest BCUT2D eigenvalue weighted by Crippen LogP contribution is 2.61. The zero-order valence-corrected chi connectivity index (χ0v) is 21.7. The summed E-state index contributed by atoms with van der Waals surface area (Å²) < 4.78 is 5.96. The molecule has 4 nitrogen and oxygen atoms in total. The number of fused-ring (bicyclic) bond motifs is 1. The molecule has 0 radical (unpaired) electrons. The van der Waals surface area contributed by atoms with Crippen LogP contribution in [0, 0.1) is 28.6 Å². The summed E-state index contributed by atoms with van der Waals surface area (Å²) in [5.74, 6) is 1.55. The first-order valence-electron chi connectivity index (χ1n) is 14.0. The van der Waals surface area contributed by atoms with Crippen LogP contribution in [0.5, 0.6) is 0 Å². The minimum Gasteiger partial charge on any atom is -0.458 e. The number of hydrogen-bond acceptors (Lipinski definition) is 4. The van der Waals surface area contributed by atoms with Crippen LogP contribution in [0.2, 0.25) is 0 Å². The number of aliphatic hydroxyl groups is 2. The van der Waals surface area contributed by atoms with Crippen LogP contribution in [0.15, 0.2) is 47.6 Å². The summed E-state index contributed by atoms with van der Waals surface area (Å²) in [5, 5.41) is 20.3. The van der Waals surface area contributed by atoms with Crippen LogP contribution in [-0.2, 0) is 9.53 Å². The molecule has 4 heteroatoms. The van der Waals surface area contributed by atoms with Crippen molar-refractivity contribution in [1.82, 2.24) is 0 Å².